The minimum absolute atomic E-state index is 0.174. The first-order valence-electron chi connectivity index (χ1n) is 7.56. The minimum atomic E-state index is -0.382. The topological polar surface area (TPSA) is 50.9 Å². The third kappa shape index (κ3) is 3.66. The number of hydrogen-bond acceptors (Lipinski definition) is 3. The maximum absolute atomic E-state index is 7.71. The summed E-state index contributed by atoms with van der Waals surface area (Å²) in [6.45, 7) is 2.36. The molecule has 0 aliphatic rings. The SMILES string of the molecule is CC(=N)OC(c1ccccc1)c1nccn1Cc1ccccc1. The molecule has 116 valence electrons. The van der Waals surface area contributed by atoms with Crippen molar-refractivity contribution < 1.29 is 4.74 Å². The van der Waals surface area contributed by atoms with Crippen molar-refractivity contribution in [1.82, 2.24) is 9.55 Å². The number of aromatic nitrogens is 2. The quantitative estimate of drug-likeness (QED) is 0.571. The van der Waals surface area contributed by atoms with E-state index >= 15 is 0 Å². The largest absolute Gasteiger partial charge is 0.465 e. The van der Waals surface area contributed by atoms with E-state index in [1.165, 1.54) is 5.56 Å². The van der Waals surface area contributed by atoms with Crippen LogP contribution in [0.3, 0.4) is 0 Å². The Morgan fingerprint density at radius 3 is 2.39 bits per heavy atom. The van der Waals surface area contributed by atoms with Gasteiger partial charge in [-0.2, -0.15) is 0 Å². The average molecular weight is 305 g/mol. The molecule has 0 radical (unpaired) electrons. The van der Waals surface area contributed by atoms with Gasteiger partial charge in [0.05, 0.1) is 0 Å². The van der Waals surface area contributed by atoms with E-state index in [9.17, 15) is 0 Å². The molecule has 0 saturated heterocycles. The number of benzene rings is 2. The zero-order valence-corrected chi connectivity index (χ0v) is 13.0. The van der Waals surface area contributed by atoms with Gasteiger partial charge in [0.1, 0.15) is 0 Å². The third-order valence-electron chi connectivity index (χ3n) is 3.57. The first-order valence-corrected chi connectivity index (χ1v) is 7.56. The molecule has 0 spiro atoms. The Morgan fingerprint density at radius 1 is 1.09 bits per heavy atom. The Balaban J connectivity index is 1.94. The molecule has 23 heavy (non-hydrogen) atoms. The first-order chi connectivity index (χ1) is 11.2. The second kappa shape index (κ2) is 6.92. The van der Waals surface area contributed by atoms with Gasteiger partial charge in [0.2, 0.25) is 0 Å². The van der Waals surface area contributed by atoms with Crippen molar-refractivity contribution in [3.63, 3.8) is 0 Å². The molecule has 1 unspecified atom stereocenters. The maximum Gasteiger partial charge on any atom is 0.183 e. The monoisotopic (exact) mass is 305 g/mol. The molecule has 4 nitrogen and oxygen atoms in total. The predicted molar refractivity (Wildman–Crippen MR) is 90.5 cm³/mol. The van der Waals surface area contributed by atoms with Gasteiger partial charge < -0.3 is 9.30 Å². The molecular formula is C19H19N3O. The van der Waals surface area contributed by atoms with E-state index in [1.54, 1.807) is 13.1 Å². The van der Waals surface area contributed by atoms with Crippen LogP contribution in [-0.4, -0.2) is 15.4 Å². The highest BCUT2D eigenvalue weighted by Crippen LogP contribution is 2.25. The number of ether oxygens (including phenoxy) is 1. The molecular weight excluding hydrogens is 286 g/mol. The predicted octanol–water partition coefficient (Wildman–Crippen LogP) is 4.03. The maximum atomic E-state index is 7.71. The number of rotatable bonds is 5. The van der Waals surface area contributed by atoms with E-state index in [-0.39, 0.29) is 12.0 Å². The summed E-state index contributed by atoms with van der Waals surface area (Å²) in [5.41, 5.74) is 2.18. The lowest BCUT2D eigenvalue weighted by atomic mass is 10.1. The molecule has 1 atom stereocenters. The average Bonchev–Trinajstić information content (AvgIpc) is 3.02. The van der Waals surface area contributed by atoms with Gasteiger partial charge in [0.25, 0.3) is 0 Å². The van der Waals surface area contributed by atoms with Gasteiger partial charge in [-0.25, -0.2) is 4.98 Å². The molecule has 3 rings (SSSR count). The molecule has 2 aromatic carbocycles. The molecule has 1 heterocycles. The zero-order valence-electron chi connectivity index (χ0n) is 13.0. The standard InChI is InChI=1S/C19H19N3O/c1-15(20)23-18(17-10-6-3-7-11-17)19-21-12-13-22(19)14-16-8-4-2-5-9-16/h2-13,18,20H,14H2,1H3. The van der Waals surface area contributed by atoms with Crippen LogP contribution in [0.4, 0.5) is 0 Å². The first kappa shape index (κ1) is 15.0. The number of hydrogen-bond donors (Lipinski definition) is 1. The van der Waals surface area contributed by atoms with E-state index < -0.39 is 0 Å². The van der Waals surface area contributed by atoms with Gasteiger partial charge in [-0.05, 0) is 5.56 Å². The molecule has 0 amide bonds. The van der Waals surface area contributed by atoms with E-state index in [4.69, 9.17) is 10.1 Å². The van der Waals surface area contributed by atoms with Crippen molar-refractivity contribution in [1.29, 1.82) is 5.41 Å². The van der Waals surface area contributed by atoms with Crippen LogP contribution in [0.2, 0.25) is 0 Å². The van der Waals surface area contributed by atoms with E-state index in [1.807, 2.05) is 54.7 Å². The van der Waals surface area contributed by atoms with E-state index in [0.29, 0.717) is 0 Å². The molecule has 0 aliphatic heterocycles. The summed E-state index contributed by atoms with van der Waals surface area (Å²) >= 11 is 0. The molecule has 0 saturated carbocycles. The van der Waals surface area contributed by atoms with Crippen LogP contribution in [0.5, 0.6) is 0 Å². The van der Waals surface area contributed by atoms with E-state index in [2.05, 4.69) is 21.7 Å². The summed E-state index contributed by atoms with van der Waals surface area (Å²) < 4.78 is 7.82. The molecule has 1 N–H and O–H groups in total. The molecule has 1 aromatic heterocycles. The Labute approximate surface area is 135 Å². The summed E-state index contributed by atoms with van der Waals surface area (Å²) in [7, 11) is 0. The van der Waals surface area contributed by atoms with Crippen molar-refractivity contribution in [2.45, 2.75) is 19.6 Å². The highest BCUT2D eigenvalue weighted by Gasteiger charge is 2.21. The Hall–Kier alpha value is -2.88. The minimum Gasteiger partial charge on any atom is -0.465 e. The van der Waals surface area contributed by atoms with E-state index in [0.717, 1.165) is 17.9 Å². The van der Waals surface area contributed by atoms with Crippen LogP contribution in [0, 0.1) is 5.41 Å². The molecule has 0 aliphatic carbocycles. The van der Waals surface area contributed by atoms with Crippen LogP contribution in [0.1, 0.15) is 30.0 Å². The fourth-order valence-electron chi connectivity index (χ4n) is 2.55. The van der Waals surface area contributed by atoms with Crippen molar-refractivity contribution in [3.05, 3.63) is 90.0 Å². The van der Waals surface area contributed by atoms with Crippen LogP contribution >= 0.6 is 0 Å². The van der Waals surface area contributed by atoms with Crippen LogP contribution < -0.4 is 0 Å². The highest BCUT2D eigenvalue weighted by atomic mass is 16.5. The summed E-state index contributed by atoms with van der Waals surface area (Å²) in [4.78, 5) is 4.48. The summed E-state index contributed by atoms with van der Waals surface area (Å²) in [5, 5.41) is 7.71. The smallest absolute Gasteiger partial charge is 0.183 e. The number of imidazole rings is 1. The van der Waals surface area contributed by atoms with Gasteiger partial charge in [-0.1, -0.05) is 60.7 Å². The number of nitrogens with one attached hydrogen (secondary N) is 1. The van der Waals surface area contributed by atoms with Crippen molar-refractivity contribution in [3.8, 4) is 0 Å². The third-order valence-corrected chi connectivity index (χ3v) is 3.57. The fourth-order valence-corrected chi connectivity index (χ4v) is 2.55. The van der Waals surface area contributed by atoms with Gasteiger partial charge in [-0.15, -0.1) is 0 Å². The molecule has 0 bridgehead atoms. The summed E-state index contributed by atoms with van der Waals surface area (Å²) in [6, 6.07) is 20.1. The molecule has 3 aromatic rings. The second-order valence-corrected chi connectivity index (χ2v) is 5.36. The normalized spacial score (nSPS) is 11.9. The van der Waals surface area contributed by atoms with Crippen LogP contribution in [0.25, 0.3) is 0 Å². The molecule has 4 heteroatoms. The lowest BCUT2D eigenvalue weighted by Gasteiger charge is -2.19. The van der Waals surface area contributed by atoms with Gasteiger partial charge in [0.15, 0.2) is 17.8 Å². The Bertz CT molecular complexity index is 766. The summed E-state index contributed by atoms with van der Waals surface area (Å²) in [5.74, 6) is 0.972. The fraction of sp³-hybridized carbons (Fsp3) is 0.158. The second-order valence-electron chi connectivity index (χ2n) is 5.36. The molecule has 0 fully saturated rings. The number of nitrogens with zero attached hydrogens (tertiary/aromatic N) is 2. The Morgan fingerprint density at radius 2 is 1.74 bits per heavy atom. The lowest BCUT2D eigenvalue weighted by molar-refractivity contribution is 0.214. The van der Waals surface area contributed by atoms with Crippen molar-refractivity contribution >= 4 is 5.90 Å². The van der Waals surface area contributed by atoms with Gasteiger partial charge in [0, 0.05) is 31.4 Å². The zero-order chi connectivity index (χ0) is 16.1. The highest BCUT2D eigenvalue weighted by molar-refractivity contribution is 5.70. The summed E-state index contributed by atoms with van der Waals surface area (Å²) in [6.07, 6.45) is 3.34. The van der Waals surface area contributed by atoms with Crippen LogP contribution in [-0.2, 0) is 11.3 Å². The van der Waals surface area contributed by atoms with Gasteiger partial charge in [-0.3, -0.25) is 5.41 Å². The Kier molecular flexibility index (Phi) is 4.52. The van der Waals surface area contributed by atoms with Gasteiger partial charge >= 0.3 is 0 Å². The van der Waals surface area contributed by atoms with Crippen LogP contribution in [0.15, 0.2) is 73.1 Å². The van der Waals surface area contributed by atoms with Crippen molar-refractivity contribution in [2.75, 3.05) is 0 Å². The lowest BCUT2D eigenvalue weighted by Crippen LogP contribution is -2.16. The van der Waals surface area contributed by atoms with Crippen molar-refractivity contribution in [2.24, 2.45) is 0 Å².